The highest BCUT2D eigenvalue weighted by molar-refractivity contribution is 9.10. The van der Waals surface area contributed by atoms with Gasteiger partial charge in [0.1, 0.15) is 5.75 Å². The Morgan fingerprint density at radius 2 is 2.22 bits per heavy atom. The van der Waals surface area contributed by atoms with Gasteiger partial charge in [0, 0.05) is 22.6 Å². The van der Waals surface area contributed by atoms with Crippen molar-refractivity contribution in [3.8, 4) is 17.0 Å². The van der Waals surface area contributed by atoms with Gasteiger partial charge in [0.2, 0.25) is 0 Å². The fourth-order valence-electron chi connectivity index (χ4n) is 1.70. The molecule has 0 aliphatic heterocycles. The molecule has 1 heterocycles. The Labute approximate surface area is 112 Å². The molecule has 1 aromatic carbocycles. The number of nitrogens with one attached hydrogen (secondary N) is 1. The fourth-order valence-corrected chi connectivity index (χ4v) is 2.06. The van der Waals surface area contributed by atoms with E-state index in [0.29, 0.717) is 17.0 Å². The van der Waals surface area contributed by atoms with Crippen LogP contribution in [0.5, 0.6) is 5.75 Å². The Hall–Kier alpha value is -1.66. The molecule has 0 unspecified atom stereocenters. The quantitative estimate of drug-likeness (QED) is 0.903. The maximum Gasteiger partial charge on any atom is 0.264 e. The lowest BCUT2D eigenvalue weighted by Crippen LogP contribution is -2.13. The number of aromatic amines is 1. The van der Waals surface area contributed by atoms with E-state index < -0.39 is 0 Å². The van der Waals surface area contributed by atoms with E-state index in [0.717, 1.165) is 10.0 Å². The number of nitrogens with two attached hydrogens (primary N) is 1. The Bertz CT molecular complexity index is 625. The molecule has 94 valence electrons. The summed E-state index contributed by atoms with van der Waals surface area (Å²) in [6.07, 6.45) is 0. The lowest BCUT2D eigenvalue weighted by Gasteiger charge is -2.10. The van der Waals surface area contributed by atoms with E-state index >= 15 is 0 Å². The summed E-state index contributed by atoms with van der Waals surface area (Å²) < 4.78 is 6.19. The molecule has 18 heavy (non-hydrogen) atoms. The van der Waals surface area contributed by atoms with Gasteiger partial charge in [-0.05, 0) is 23.8 Å². The first kappa shape index (κ1) is 12.8. The van der Waals surface area contributed by atoms with Gasteiger partial charge in [-0.2, -0.15) is 5.10 Å². The van der Waals surface area contributed by atoms with Gasteiger partial charge in [-0.3, -0.25) is 4.79 Å². The summed E-state index contributed by atoms with van der Waals surface area (Å²) in [5.74, 6) is 0.674. The predicted molar refractivity (Wildman–Crippen MR) is 72.4 cm³/mol. The summed E-state index contributed by atoms with van der Waals surface area (Å²) >= 11 is 3.40. The first-order valence-corrected chi connectivity index (χ1v) is 6.07. The average Bonchev–Trinajstić information content (AvgIpc) is 2.38. The number of benzene rings is 1. The molecule has 0 radical (unpaired) electrons. The van der Waals surface area contributed by atoms with Crippen molar-refractivity contribution in [2.24, 2.45) is 5.73 Å². The molecular formula is C12H12BrN3O2. The van der Waals surface area contributed by atoms with Crippen LogP contribution in [-0.2, 0) is 6.54 Å². The first-order valence-electron chi connectivity index (χ1n) is 5.28. The second-order valence-electron chi connectivity index (χ2n) is 3.65. The molecule has 6 heteroatoms. The summed E-state index contributed by atoms with van der Waals surface area (Å²) in [6.45, 7) is 0.238. The highest BCUT2D eigenvalue weighted by Gasteiger charge is 2.12. The van der Waals surface area contributed by atoms with Crippen LogP contribution in [0.1, 0.15) is 5.56 Å². The second kappa shape index (κ2) is 5.32. The van der Waals surface area contributed by atoms with Crippen LogP contribution in [0, 0.1) is 0 Å². The van der Waals surface area contributed by atoms with E-state index in [1.807, 2.05) is 18.2 Å². The molecule has 0 fully saturated rings. The summed E-state index contributed by atoms with van der Waals surface area (Å²) in [5.41, 5.74) is 7.45. The van der Waals surface area contributed by atoms with Crippen LogP contribution in [0.25, 0.3) is 11.3 Å². The van der Waals surface area contributed by atoms with Gasteiger partial charge >= 0.3 is 0 Å². The third kappa shape index (κ3) is 2.44. The van der Waals surface area contributed by atoms with Crippen LogP contribution >= 0.6 is 15.9 Å². The lowest BCUT2D eigenvalue weighted by atomic mass is 10.1. The molecule has 2 rings (SSSR count). The maximum atomic E-state index is 11.2. The minimum Gasteiger partial charge on any atom is -0.496 e. The van der Waals surface area contributed by atoms with Gasteiger partial charge < -0.3 is 10.5 Å². The van der Waals surface area contributed by atoms with E-state index in [1.165, 1.54) is 6.07 Å². The van der Waals surface area contributed by atoms with Crippen molar-refractivity contribution in [2.75, 3.05) is 7.11 Å². The van der Waals surface area contributed by atoms with Crippen molar-refractivity contribution in [3.63, 3.8) is 0 Å². The van der Waals surface area contributed by atoms with Crippen LogP contribution in [0.3, 0.4) is 0 Å². The zero-order valence-corrected chi connectivity index (χ0v) is 11.3. The van der Waals surface area contributed by atoms with Crippen molar-refractivity contribution >= 4 is 15.9 Å². The smallest absolute Gasteiger partial charge is 0.264 e. The third-order valence-electron chi connectivity index (χ3n) is 2.52. The molecule has 0 saturated heterocycles. The highest BCUT2D eigenvalue weighted by atomic mass is 79.9. The second-order valence-corrected chi connectivity index (χ2v) is 4.57. The van der Waals surface area contributed by atoms with Crippen LogP contribution in [0.15, 0.2) is 33.5 Å². The van der Waals surface area contributed by atoms with Gasteiger partial charge in [0.25, 0.3) is 5.56 Å². The third-order valence-corrected chi connectivity index (χ3v) is 3.02. The molecule has 3 N–H and O–H groups in total. The van der Waals surface area contributed by atoms with Gasteiger partial charge in [-0.1, -0.05) is 15.9 Å². The molecule has 1 aromatic heterocycles. The number of aromatic nitrogens is 2. The monoisotopic (exact) mass is 309 g/mol. The molecule has 0 aliphatic rings. The molecular weight excluding hydrogens is 298 g/mol. The van der Waals surface area contributed by atoms with E-state index in [1.54, 1.807) is 7.11 Å². The summed E-state index contributed by atoms with van der Waals surface area (Å²) in [7, 11) is 1.58. The van der Waals surface area contributed by atoms with Crippen molar-refractivity contribution in [1.29, 1.82) is 0 Å². The number of H-pyrrole nitrogens is 1. The molecule has 0 aliphatic carbocycles. The van der Waals surface area contributed by atoms with E-state index in [4.69, 9.17) is 10.5 Å². The molecule has 5 nitrogen and oxygen atoms in total. The summed E-state index contributed by atoms with van der Waals surface area (Å²) in [5, 5.41) is 6.46. The van der Waals surface area contributed by atoms with Crippen molar-refractivity contribution < 1.29 is 4.74 Å². The van der Waals surface area contributed by atoms with Crippen molar-refractivity contribution in [1.82, 2.24) is 10.2 Å². The van der Waals surface area contributed by atoms with E-state index in [-0.39, 0.29) is 12.1 Å². The predicted octanol–water partition coefficient (Wildman–Crippen LogP) is 1.67. The summed E-state index contributed by atoms with van der Waals surface area (Å²) in [6, 6.07) is 7.02. The molecule has 0 spiro atoms. The van der Waals surface area contributed by atoms with Crippen molar-refractivity contribution in [3.05, 3.63) is 44.7 Å². The zero-order valence-electron chi connectivity index (χ0n) is 9.74. The van der Waals surface area contributed by atoms with Gasteiger partial charge in [-0.25, -0.2) is 5.10 Å². The largest absolute Gasteiger partial charge is 0.496 e. The highest BCUT2D eigenvalue weighted by Crippen LogP contribution is 2.32. The van der Waals surface area contributed by atoms with Crippen LogP contribution in [0.2, 0.25) is 0 Å². The van der Waals surface area contributed by atoms with Gasteiger partial charge in [-0.15, -0.1) is 0 Å². The number of methoxy groups -OCH3 is 1. The SMILES string of the molecule is COc1ccc(Br)cc1-c1n[nH]c(=O)cc1CN. The lowest BCUT2D eigenvalue weighted by molar-refractivity contribution is 0.416. The number of halogens is 1. The van der Waals surface area contributed by atoms with Crippen LogP contribution < -0.4 is 16.0 Å². The Balaban J connectivity index is 2.67. The molecule has 0 atom stereocenters. The summed E-state index contributed by atoms with van der Waals surface area (Å²) in [4.78, 5) is 11.2. The van der Waals surface area contributed by atoms with Crippen LogP contribution in [-0.4, -0.2) is 17.3 Å². The minimum absolute atomic E-state index is 0.238. The van der Waals surface area contributed by atoms with Crippen molar-refractivity contribution in [2.45, 2.75) is 6.54 Å². The normalized spacial score (nSPS) is 10.4. The molecule has 0 saturated carbocycles. The van der Waals surface area contributed by atoms with E-state index in [2.05, 4.69) is 26.1 Å². The number of nitrogens with zero attached hydrogens (tertiary/aromatic N) is 1. The average molecular weight is 310 g/mol. The number of hydrogen-bond donors (Lipinski definition) is 2. The first-order chi connectivity index (χ1) is 8.65. The molecule has 0 bridgehead atoms. The Morgan fingerprint density at radius 1 is 1.44 bits per heavy atom. The fraction of sp³-hybridized carbons (Fsp3) is 0.167. The molecule has 2 aromatic rings. The van der Waals surface area contributed by atoms with Gasteiger partial charge in [0.05, 0.1) is 12.8 Å². The number of rotatable bonds is 3. The van der Waals surface area contributed by atoms with Crippen LogP contribution in [0.4, 0.5) is 0 Å². The molecule has 0 amide bonds. The Morgan fingerprint density at radius 3 is 2.89 bits per heavy atom. The Kier molecular flexibility index (Phi) is 3.78. The number of hydrogen-bond acceptors (Lipinski definition) is 4. The number of ether oxygens (including phenoxy) is 1. The topological polar surface area (TPSA) is 81.0 Å². The van der Waals surface area contributed by atoms with E-state index in [9.17, 15) is 4.79 Å². The van der Waals surface area contributed by atoms with Gasteiger partial charge in [0.15, 0.2) is 0 Å². The zero-order chi connectivity index (χ0) is 13.1. The standard InChI is InChI=1S/C12H12BrN3O2/c1-18-10-3-2-8(13)5-9(10)12-7(6-14)4-11(17)15-16-12/h2-5H,6,14H2,1H3,(H,15,17). The maximum absolute atomic E-state index is 11.2. The minimum atomic E-state index is -0.270.